The largest absolute Gasteiger partial charge is 0.457 e. The van der Waals surface area contributed by atoms with Crippen LogP contribution in [0.15, 0.2) is 18.1 Å². The minimum absolute atomic E-state index is 0.0881. The lowest BCUT2D eigenvalue weighted by Gasteiger charge is -2.29. The summed E-state index contributed by atoms with van der Waals surface area (Å²) < 4.78 is 57.7. The Balaban J connectivity index is 1.45. The van der Waals surface area contributed by atoms with E-state index in [4.69, 9.17) is 14.2 Å². The highest BCUT2D eigenvalue weighted by Crippen LogP contribution is 2.36. The van der Waals surface area contributed by atoms with Crippen LogP contribution < -0.4 is 9.64 Å². The van der Waals surface area contributed by atoms with Gasteiger partial charge >= 0.3 is 12.2 Å². The van der Waals surface area contributed by atoms with Gasteiger partial charge in [0.15, 0.2) is 18.2 Å². The van der Waals surface area contributed by atoms with Crippen LogP contribution in [0.25, 0.3) is 10.2 Å². The van der Waals surface area contributed by atoms with Gasteiger partial charge in [0, 0.05) is 31.8 Å². The van der Waals surface area contributed by atoms with Gasteiger partial charge in [-0.3, -0.25) is 0 Å². The maximum Gasteiger partial charge on any atom is 0.451 e. The maximum atomic E-state index is 13.2. The molecule has 13 heteroatoms. The summed E-state index contributed by atoms with van der Waals surface area (Å²) >= 11 is 1.55. The summed E-state index contributed by atoms with van der Waals surface area (Å²) in [7, 11) is 0. The molecule has 3 aromatic rings. The molecular formula is C21H23F3N6O3S. The van der Waals surface area contributed by atoms with Crippen molar-refractivity contribution in [3.05, 3.63) is 34.6 Å². The molecule has 2 aliphatic rings. The van der Waals surface area contributed by atoms with Gasteiger partial charge in [0.1, 0.15) is 16.9 Å². The van der Waals surface area contributed by atoms with Crippen molar-refractivity contribution in [2.75, 3.05) is 18.1 Å². The van der Waals surface area contributed by atoms with Gasteiger partial charge in [-0.2, -0.15) is 23.1 Å². The summed E-state index contributed by atoms with van der Waals surface area (Å²) in [5.41, 5.74) is 0. The van der Waals surface area contributed by atoms with Crippen molar-refractivity contribution in [3.63, 3.8) is 0 Å². The molecule has 0 spiro atoms. The van der Waals surface area contributed by atoms with E-state index >= 15 is 0 Å². The van der Waals surface area contributed by atoms with Crippen LogP contribution in [0.4, 0.5) is 19.0 Å². The van der Waals surface area contributed by atoms with Crippen molar-refractivity contribution in [3.8, 4) is 6.01 Å². The van der Waals surface area contributed by atoms with Crippen LogP contribution in [0, 0.1) is 0 Å². The Labute approximate surface area is 197 Å². The minimum Gasteiger partial charge on any atom is -0.457 e. The molecule has 0 saturated carbocycles. The van der Waals surface area contributed by atoms with Crippen LogP contribution in [-0.2, 0) is 35.2 Å². The summed E-state index contributed by atoms with van der Waals surface area (Å²) in [6.45, 7) is 6.32. The first-order chi connectivity index (χ1) is 16.1. The monoisotopic (exact) mass is 496 g/mol. The van der Waals surface area contributed by atoms with E-state index in [9.17, 15) is 13.2 Å². The third kappa shape index (κ3) is 4.36. The molecule has 5 rings (SSSR count). The number of aromatic nitrogens is 5. The summed E-state index contributed by atoms with van der Waals surface area (Å²) in [6, 6.07) is 2.20. The lowest BCUT2D eigenvalue weighted by Crippen LogP contribution is -2.36. The number of hydrogen-bond acceptors (Lipinski definition) is 9. The van der Waals surface area contributed by atoms with Gasteiger partial charge in [-0.05, 0) is 12.5 Å². The van der Waals surface area contributed by atoms with E-state index in [2.05, 4.69) is 27.1 Å². The van der Waals surface area contributed by atoms with E-state index in [1.807, 2.05) is 11.0 Å². The number of alkyl halides is 3. The Bertz CT molecular complexity index is 1250. The predicted octanol–water partition coefficient (Wildman–Crippen LogP) is 4.28. The van der Waals surface area contributed by atoms with Crippen LogP contribution in [0.3, 0.4) is 0 Å². The van der Waals surface area contributed by atoms with Crippen LogP contribution in [-0.4, -0.2) is 43.7 Å². The first-order valence-corrected chi connectivity index (χ1v) is 11.7. The highest BCUT2D eigenvalue weighted by molar-refractivity contribution is 7.18. The molecule has 34 heavy (non-hydrogen) atoms. The molecule has 0 unspecified atom stereocenters. The second kappa shape index (κ2) is 8.29. The molecule has 0 N–H and O–H groups in total. The maximum absolute atomic E-state index is 13.2. The molecule has 0 saturated heterocycles. The number of anilines is 1. The summed E-state index contributed by atoms with van der Waals surface area (Å²) in [5, 5.41) is 7.98. The fraction of sp³-hybridized carbons (Fsp3) is 0.524. The van der Waals surface area contributed by atoms with Crippen molar-refractivity contribution in [2.45, 2.75) is 58.7 Å². The Morgan fingerprint density at radius 1 is 1.21 bits per heavy atom. The van der Waals surface area contributed by atoms with Crippen LogP contribution in [0.5, 0.6) is 6.01 Å². The molecule has 0 fully saturated rings. The zero-order valence-corrected chi connectivity index (χ0v) is 19.7. The van der Waals surface area contributed by atoms with Crippen molar-refractivity contribution in [2.24, 2.45) is 0 Å². The average molecular weight is 497 g/mol. The van der Waals surface area contributed by atoms with Crippen molar-refractivity contribution in [1.82, 2.24) is 24.7 Å². The number of aryl methyl sites for hydroxylation is 1. The number of ether oxygens (including phenoxy) is 3. The van der Waals surface area contributed by atoms with E-state index in [1.54, 1.807) is 25.2 Å². The van der Waals surface area contributed by atoms with Gasteiger partial charge in [-0.1, -0.05) is 13.3 Å². The van der Waals surface area contributed by atoms with Gasteiger partial charge in [0.25, 0.3) is 0 Å². The topological polar surface area (TPSA) is 87.4 Å². The first kappa shape index (κ1) is 22.7. The summed E-state index contributed by atoms with van der Waals surface area (Å²) in [4.78, 5) is 13.0. The van der Waals surface area contributed by atoms with E-state index in [-0.39, 0.29) is 31.5 Å². The Kier molecular flexibility index (Phi) is 5.53. The highest BCUT2D eigenvalue weighted by Gasteiger charge is 2.40. The zero-order chi connectivity index (χ0) is 24.1. The molecule has 0 bridgehead atoms. The molecular weight excluding hydrogens is 473 g/mol. The predicted molar refractivity (Wildman–Crippen MR) is 117 cm³/mol. The fourth-order valence-electron chi connectivity index (χ4n) is 3.93. The number of hydrogen-bond donors (Lipinski definition) is 0. The van der Waals surface area contributed by atoms with Crippen LogP contribution in [0.1, 0.15) is 43.7 Å². The standard InChI is InChI=1S/C21H23F3N6O3S/c1-4-5-13-8-14-16(29-6-7-30-15(9-29)27-28-18(30)21(22,23)24)25-19(26-17(14)34-13)31-10-12-11-32-20(2,3)33-12/h8,11H,4-7,9-10H2,1-3H3. The normalized spacial score (nSPS) is 17.4. The average Bonchev–Trinajstić information content (AvgIpc) is 3.46. The molecule has 0 atom stereocenters. The number of nitrogens with zero attached hydrogens (tertiary/aromatic N) is 6. The molecule has 3 aromatic heterocycles. The number of thiophene rings is 1. The van der Waals surface area contributed by atoms with Gasteiger partial charge in [-0.15, -0.1) is 21.5 Å². The Hall–Kier alpha value is -3.09. The van der Waals surface area contributed by atoms with Crippen LogP contribution >= 0.6 is 11.3 Å². The quantitative estimate of drug-likeness (QED) is 0.500. The Morgan fingerprint density at radius 3 is 2.74 bits per heavy atom. The van der Waals surface area contributed by atoms with E-state index in [0.29, 0.717) is 18.1 Å². The van der Waals surface area contributed by atoms with E-state index in [0.717, 1.165) is 32.5 Å². The third-order valence-corrected chi connectivity index (χ3v) is 6.49. The van der Waals surface area contributed by atoms with Gasteiger partial charge < -0.3 is 23.7 Å². The smallest absolute Gasteiger partial charge is 0.451 e. The number of halogens is 3. The Morgan fingerprint density at radius 2 is 2.03 bits per heavy atom. The lowest BCUT2D eigenvalue weighted by molar-refractivity contribution is -0.147. The van der Waals surface area contributed by atoms with Crippen molar-refractivity contribution < 1.29 is 27.4 Å². The summed E-state index contributed by atoms with van der Waals surface area (Å²) in [5.74, 6) is -0.384. The van der Waals surface area contributed by atoms with Crippen molar-refractivity contribution >= 4 is 27.4 Å². The van der Waals surface area contributed by atoms with Gasteiger partial charge in [-0.25, -0.2) is 0 Å². The second-order valence-corrected chi connectivity index (χ2v) is 9.63. The molecule has 5 heterocycles. The number of rotatable bonds is 6. The molecule has 9 nitrogen and oxygen atoms in total. The minimum atomic E-state index is -4.55. The van der Waals surface area contributed by atoms with E-state index in [1.165, 1.54) is 6.26 Å². The lowest BCUT2D eigenvalue weighted by atomic mass is 10.2. The van der Waals surface area contributed by atoms with Gasteiger partial charge in [0.2, 0.25) is 11.6 Å². The highest BCUT2D eigenvalue weighted by atomic mass is 32.1. The molecule has 0 aromatic carbocycles. The zero-order valence-electron chi connectivity index (χ0n) is 18.8. The molecule has 0 aliphatic carbocycles. The molecule has 0 amide bonds. The SMILES string of the molecule is CCCc1cc2c(N3CCn4c(nnc4C(F)(F)F)C3)nc(OCC3=COC(C)(C)O3)nc2s1. The molecule has 0 radical (unpaired) electrons. The van der Waals surface area contributed by atoms with E-state index < -0.39 is 17.8 Å². The molecule has 2 aliphatic heterocycles. The molecule has 182 valence electrons. The fourth-order valence-corrected chi connectivity index (χ4v) is 5.05. The summed E-state index contributed by atoms with van der Waals surface area (Å²) in [6.07, 6.45) is -1.17. The first-order valence-electron chi connectivity index (χ1n) is 10.9. The van der Waals surface area contributed by atoms with Crippen LogP contribution in [0.2, 0.25) is 0 Å². The van der Waals surface area contributed by atoms with Gasteiger partial charge in [0.05, 0.1) is 11.9 Å². The number of fused-ring (bicyclic) bond motifs is 2. The second-order valence-electron chi connectivity index (χ2n) is 8.51. The third-order valence-electron chi connectivity index (χ3n) is 5.40. The van der Waals surface area contributed by atoms with Crippen molar-refractivity contribution in [1.29, 1.82) is 0 Å².